The van der Waals surface area contributed by atoms with Crippen molar-refractivity contribution in [1.29, 1.82) is 0 Å². The molecule has 1 atom stereocenters. The second kappa shape index (κ2) is 7.77. The highest BCUT2D eigenvalue weighted by Crippen LogP contribution is 2.28. The summed E-state index contributed by atoms with van der Waals surface area (Å²) in [5.41, 5.74) is 3.05. The summed E-state index contributed by atoms with van der Waals surface area (Å²) in [4.78, 5) is 16.4. The highest BCUT2D eigenvalue weighted by atomic mass is 16.5. The van der Waals surface area contributed by atoms with Gasteiger partial charge in [-0.1, -0.05) is 32.0 Å². The van der Waals surface area contributed by atoms with Crippen LogP contribution >= 0.6 is 0 Å². The molecule has 0 radical (unpaired) electrons. The molecule has 2 aromatic rings. The van der Waals surface area contributed by atoms with Gasteiger partial charge in [0.1, 0.15) is 5.75 Å². The van der Waals surface area contributed by atoms with E-state index in [0.717, 1.165) is 22.6 Å². The van der Waals surface area contributed by atoms with Crippen molar-refractivity contribution in [1.82, 2.24) is 10.3 Å². The Morgan fingerprint density at radius 1 is 1.22 bits per heavy atom. The Hall–Kier alpha value is -2.36. The molecule has 0 aliphatic carbocycles. The standard InChI is InChI=1S/C19H24N2O2/c1-13(2)17-9-8-14(3)11-18(17)23-15(4)19(22)21-12-16-7-5-6-10-20-16/h5-11,13,15H,12H2,1-4H3,(H,21,22)/t15-/m0/s1. The van der Waals surface area contributed by atoms with Gasteiger partial charge in [0.2, 0.25) is 0 Å². The average Bonchev–Trinajstić information content (AvgIpc) is 2.53. The summed E-state index contributed by atoms with van der Waals surface area (Å²) in [5, 5.41) is 2.86. The number of carbonyl (C=O) groups is 1. The minimum absolute atomic E-state index is 0.146. The molecule has 0 spiro atoms. The number of amides is 1. The summed E-state index contributed by atoms with van der Waals surface area (Å²) in [6, 6.07) is 11.7. The van der Waals surface area contributed by atoms with Gasteiger partial charge < -0.3 is 10.1 Å². The number of nitrogens with zero attached hydrogens (tertiary/aromatic N) is 1. The first kappa shape index (κ1) is 17.0. The summed E-state index contributed by atoms with van der Waals surface area (Å²) in [6.07, 6.45) is 1.15. The fraction of sp³-hybridized carbons (Fsp3) is 0.368. The Bertz CT molecular complexity index is 654. The average molecular weight is 312 g/mol. The largest absolute Gasteiger partial charge is 0.481 e. The van der Waals surface area contributed by atoms with Crippen molar-refractivity contribution < 1.29 is 9.53 Å². The van der Waals surface area contributed by atoms with Crippen LogP contribution in [0.1, 0.15) is 43.5 Å². The number of hydrogen-bond donors (Lipinski definition) is 1. The first-order valence-corrected chi connectivity index (χ1v) is 7.92. The van der Waals surface area contributed by atoms with Crippen LogP contribution in [0.25, 0.3) is 0 Å². The summed E-state index contributed by atoms with van der Waals surface area (Å²) in [6.45, 7) is 8.41. The smallest absolute Gasteiger partial charge is 0.261 e. The second-order valence-corrected chi connectivity index (χ2v) is 5.99. The number of ether oxygens (including phenoxy) is 1. The third kappa shape index (κ3) is 4.81. The van der Waals surface area contributed by atoms with Gasteiger partial charge >= 0.3 is 0 Å². The lowest BCUT2D eigenvalue weighted by Gasteiger charge is -2.19. The first-order valence-electron chi connectivity index (χ1n) is 7.92. The number of hydrogen-bond acceptors (Lipinski definition) is 3. The van der Waals surface area contributed by atoms with E-state index in [-0.39, 0.29) is 5.91 Å². The molecule has 1 heterocycles. The van der Waals surface area contributed by atoms with Crippen molar-refractivity contribution in [2.45, 2.75) is 46.3 Å². The minimum atomic E-state index is -0.557. The molecule has 23 heavy (non-hydrogen) atoms. The summed E-state index contributed by atoms with van der Waals surface area (Å²) < 4.78 is 5.91. The Labute approximate surface area is 137 Å². The van der Waals surface area contributed by atoms with Gasteiger partial charge in [0.05, 0.1) is 12.2 Å². The van der Waals surface area contributed by atoms with Crippen molar-refractivity contribution in [3.63, 3.8) is 0 Å². The predicted molar refractivity (Wildman–Crippen MR) is 91.4 cm³/mol. The number of aromatic nitrogens is 1. The number of rotatable bonds is 6. The molecule has 4 nitrogen and oxygen atoms in total. The molecule has 1 aromatic carbocycles. The van der Waals surface area contributed by atoms with E-state index in [0.29, 0.717) is 12.5 Å². The van der Waals surface area contributed by atoms with Crippen LogP contribution in [0.3, 0.4) is 0 Å². The van der Waals surface area contributed by atoms with Gasteiger partial charge in [-0.3, -0.25) is 9.78 Å². The van der Waals surface area contributed by atoms with Gasteiger partial charge in [-0.15, -0.1) is 0 Å². The number of benzene rings is 1. The molecule has 0 unspecified atom stereocenters. The van der Waals surface area contributed by atoms with Crippen LogP contribution in [-0.4, -0.2) is 17.0 Å². The van der Waals surface area contributed by atoms with Crippen molar-refractivity contribution in [3.8, 4) is 5.75 Å². The molecule has 0 aliphatic heterocycles. The third-order valence-electron chi connectivity index (χ3n) is 3.63. The molecular weight excluding hydrogens is 288 g/mol. The highest BCUT2D eigenvalue weighted by molar-refractivity contribution is 5.80. The molecule has 2 rings (SSSR count). The van der Waals surface area contributed by atoms with E-state index in [1.807, 2.05) is 31.2 Å². The molecular formula is C19H24N2O2. The Morgan fingerprint density at radius 2 is 2.00 bits per heavy atom. The Morgan fingerprint density at radius 3 is 2.65 bits per heavy atom. The number of carbonyl (C=O) groups excluding carboxylic acids is 1. The van der Waals surface area contributed by atoms with Crippen LogP contribution in [0.5, 0.6) is 5.75 Å². The SMILES string of the molecule is Cc1ccc(C(C)C)c(O[C@@H](C)C(=O)NCc2ccccn2)c1. The third-order valence-corrected chi connectivity index (χ3v) is 3.63. The lowest BCUT2D eigenvalue weighted by Crippen LogP contribution is -2.36. The van der Waals surface area contributed by atoms with Gasteiger partial charge in [0, 0.05) is 6.20 Å². The van der Waals surface area contributed by atoms with Crippen LogP contribution in [0, 0.1) is 6.92 Å². The molecule has 1 N–H and O–H groups in total. The zero-order valence-electron chi connectivity index (χ0n) is 14.2. The summed E-state index contributed by atoms with van der Waals surface area (Å²) >= 11 is 0. The van der Waals surface area contributed by atoms with Gasteiger partial charge in [0.15, 0.2) is 6.10 Å². The van der Waals surface area contributed by atoms with Gasteiger partial charge in [-0.25, -0.2) is 0 Å². The molecule has 1 aromatic heterocycles. The van der Waals surface area contributed by atoms with Crippen molar-refractivity contribution in [2.24, 2.45) is 0 Å². The van der Waals surface area contributed by atoms with Crippen LogP contribution in [0.15, 0.2) is 42.6 Å². The summed E-state index contributed by atoms with van der Waals surface area (Å²) in [5.74, 6) is 0.974. The lowest BCUT2D eigenvalue weighted by atomic mass is 10.0. The topological polar surface area (TPSA) is 51.2 Å². The van der Waals surface area contributed by atoms with E-state index < -0.39 is 6.10 Å². The first-order chi connectivity index (χ1) is 11.0. The number of pyridine rings is 1. The minimum Gasteiger partial charge on any atom is -0.481 e. The maximum Gasteiger partial charge on any atom is 0.261 e. The zero-order valence-corrected chi connectivity index (χ0v) is 14.2. The lowest BCUT2D eigenvalue weighted by molar-refractivity contribution is -0.127. The predicted octanol–water partition coefficient (Wildman–Crippen LogP) is 3.60. The fourth-order valence-electron chi connectivity index (χ4n) is 2.29. The van der Waals surface area contributed by atoms with Crippen LogP contribution < -0.4 is 10.1 Å². The van der Waals surface area contributed by atoms with Crippen LogP contribution in [0.2, 0.25) is 0 Å². The van der Waals surface area contributed by atoms with Crippen LogP contribution in [0.4, 0.5) is 0 Å². The van der Waals surface area contributed by atoms with Gasteiger partial charge in [0.25, 0.3) is 5.91 Å². The molecule has 0 saturated heterocycles. The Balaban J connectivity index is 1.99. The summed E-state index contributed by atoms with van der Waals surface area (Å²) in [7, 11) is 0. The molecule has 0 aliphatic rings. The van der Waals surface area contributed by atoms with E-state index in [1.165, 1.54) is 0 Å². The number of aryl methyl sites for hydroxylation is 1. The van der Waals surface area contributed by atoms with Gasteiger partial charge in [-0.2, -0.15) is 0 Å². The monoisotopic (exact) mass is 312 g/mol. The van der Waals surface area contributed by atoms with Gasteiger partial charge in [-0.05, 0) is 49.1 Å². The molecule has 122 valence electrons. The molecule has 1 amide bonds. The molecule has 0 saturated carbocycles. The van der Waals surface area contributed by atoms with Crippen molar-refractivity contribution in [2.75, 3.05) is 0 Å². The number of nitrogens with one attached hydrogen (secondary N) is 1. The van der Waals surface area contributed by atoms with E-state index in [2.05, 4.69) is 36.3 Å². The fourth-order valence-corrected chi connectivity index (χ4v) is 2.29. The van der Waals surface area contributed by atoms with E-state index in [1.54, 1.807) is 13.1 Å². The van der Waals surface area contributed by atoms with E-state index >= 15 is 0 Å². The maximum atomic E-state index is 12.2. The van der Waals surface area contributed by atoms with Crippen molar-refractivity contribution >= 4 is 5.91 Å². The highest BCUT2D eigenvalue weighted by Gasteiger charge is 2.17. The normalized spacial score (nSPS) is 12.0. The zero-order chi connectivity index (χ0) is 16.8. The molecule has 0 bridgehead atoms. The second-order valence-electron chi connectivity index (χ2n) is 5.99. The van der Waals surface area contributed by atoms with Crippen LogP contribution in [-0.2, 0) is 11.3 Å². The van der Waals surface area contributed by atoms with Crippen molar-refractivity contribution in [3.05, 3.63) is 59.4 Å². The van der Waals surface area contributed by atoms with E-state index in [9.17, 15) is 4.79 Å². The Kier molecular flexibility index (Phi) is 5.74. The maximum absolute atomic E-state index is 12.2. The van der Waals surface area contributed by atoms with E-state index in [4.69, 9.17) is 4.74 Å². The molecule has 4 heteroatoms. The quantitative estimate of drug-likeness (QED) is 0.886. The molecule has 0 fully saturated rings.